The Balaban J connectivity index is 2.22. The van der Waals surface area contributed by atoms with Crippen LogP contribution in [0.25, 0.3) is 11.2 Å². The first kappa shape index (κ1) is 13.9. The third kappa shape index (κ3) is 2.61. The van der Waals surface area contributed by atoms with Gasteiger partial charge in [0.15, 0.2) is 19.8 Å². The highest BCUT2D eigenvalue weighted by Crippen LogP contribution is 2.36. The van der Waals surface area contributed by atoms with E-state index in [1.165, 1.54) is 6.33 Å². The Morgan fingerprint density at radius 2 is 1.95 bits per heavy atom. The SMILES string of the molecule is CC(C)(C)[Si](C)(C)OCn1cnc2c(N)ncnc21. The second kappa shape index (κ2) is 4.57. The van der Waals surface area contributed by atoms with Gasteiger partial charge in [-0.15, -0.1) is 0 Å². The summed E-state index contributed by atoms with van der Waals surface area (Å²) in [6.45, 7) is 11.5. The number of nitrogens with zero attached hydrogens (tertiary/aromatic N) is 4. The lowest BCUT2D eigenvalue weighted by atomic mass is 10.2. The third-order valence-electron chi connectivity index (χ3n) is 3.80. The maximum atomic E-state index is 6.15. The average molecular weight is 279 g/mol. The van der Waals surface area contributed by atoms with Crippen LogP contribution in [-0.2, 0) is 11.2 Å². The molecule has 0 atom stereocenters. The number of hydrogen-bond acceptors (Lipinski definition) is 5. The maximum Gasteiger partial charge on any atom is 0.194 e. The first-order valence-corrected chi connectivity index (χ1v) is 9.18. The molecule has 0 amide bonds. The van der Waals surface area contributed by atoms with Crippen LogP contribution >= 0.6 is 0 Å². The van der Waals surface area contributed by atoms with Crippen LogP contribution < -0.4 is 5.73 Å². The van der Waals surface area contributed by atoms with Gasteiger partial charge in [-0.3, -0.25) is 4.57 Å². The molecular weight excluding hydrogens is 258 g/mol. The lowest BCUT2D eigenvalue weighted by Gasteiger charge is -2.36. The van der Waals surface area contributed by atoms with Crippen LogP contribution in [0.1, 0.15) is 20.8 Å². The lowest BCUT2D eigenvalue weighted by Crippen LogP contribution is -2.41. The summed E-state index contributed by atoms with van der Waals surface area (Å²) in [5, 5.41) is 0.178. The van der Waals surface area contributed by atoms with Gasteiger partial charge in [0.2, 0.25) is 0 Å². The molecule has 19 heavy (non-hydrogen) atoms. The summed E-state index contributed by atoms with van der Waals surface area (Å²) in [6.07, 6.45) is 3.14. The van der Waals surface area contributed by atoms with Crippen molar-refractivity contribution in [3.8, 4) is 0 Å². The summed E-state index contributed by atoms with van der Waals surface area (Å²) in [5.41, 5.74) is 7.10. The maximum absolute atomic E-state index is 6.15. The standard InChI is InChI=1S/C12H21N5OSi/c1-12(2,3)19(4,5)18-8-17-7-16-9-10(13)14-6-15-11(9)17/h6-7H,8H2,1-5H3,(H2,13,14,15). The number of anilines is 1. The first-order valence-electron chi connectivity index (χ1n) is 6.27. The molecule has 0 radical (unpaired) electrons. The van der Waals surface area contributed by atoms with Crippen molar-refractivity contribution >= 4 is 25.3 Å². The van der Waals surface area contributed by atoms with Gasteiger partial charge >= 0.3 is 0 Å². The minimum atomic E-state index is -1.79. The Labute approximate surface area is 114 Å². The minimum Gasteiger partial charge on any atom is -0.399 e. The molecule has 0 aliphatic rings. The molecule has 0 aromatic carbocycles. The van der Waals surface area contributed by atoms with E-state index in [9.17, 15) is 0 Å². The number of aromatic nitrogens is 4. The summed E-state index contributed by atoms with van der Waals surface area (Å²) < 4.78 is 8.02. The second-order valence-corrected chi connectivity index (χ2v) is 11.0. The van der Waals surface area contributed by atoms with E-state index in [-0.39, 0.29) is 5.04 Å². The molecule has 0 aliphatic heterocycles. The molecule has 2 aromatic rings. The number of nitrogen functional groups attached to an aromatic ring is 1. The predicted octanol–water partition coefficient (Wildman–Crippen LogP) is 2.39. The van der Waals surface area contributed by atoms with Crippen molar-refractivity contribution in [3.05, 3.63) is 12.7 Å². The fraction of sp³-hybridized carbons (Fsp3) is 0.583. The topological polar surface area (TPSA) is 78.9 Å². The molecule has 2 heterocycles. The molecule has 0 spiro atoms. The minimum absolute atomic E-state index is 0.178. The predicted molar refractivity (Wildman–Crippen MR) is 78.0 cm³/mol. The number of imidazole rings is 1. The van der Waals surface area contributed by atoms with Crippen LogP contribution in [0, 0.1) is 0 Å². The second-order valence-electron chi connectivity index (χ2n) is 6.18. The number of hydrogen-bond donors (Lipinski definition) is 1. The summed E-state index contributed by atoms with van der Waals surface area (Å²) in [4.78, 5) is 12.4. The number of nitrogens with two attached hydrogens (primary N) is 1. The van der Waals surface area contributed by atoms with E-state index < -0.39 is 8.32 Å². The molecule has 2 N–H and O–H groups in total. The molecule has 0 aliphatic carbocycles. The van der Waals surface area contributed by atoms with Gasteiger partial charge in [0.25, 0.3) is 0 Å². The van der Waals surface area contributed by atoms with Crippen molar-refractivity contribution in [2.75, 3.05) is 5.73 Å². The van der Waals surface area contributed by atoms with Crippen LogP contribution in [0.2, 0.25) is 18.1 Å². The smallest absolute Gasteiger partial charge is 0.194 e. The van der Waals surface area contributed by atoms with Crippen molar-refractivity contribution < 1.29 is 4.43 Å². The molecule has 0 unspecified atom stereocenters. The van der Waals surface area contributed by atoms with Crippen molar-refractivity contribution in [2.45, 2.75) is 45.6 Å². The van der Waals surface area contributed by atoms with Crippen LogP contribution in [0.3, 0.4) is 0 Å². The fourth-order valence-corrected chi connectivity index (χ4v) is 2.34. The van der Waals surface area contributed by atoms with E-state index in [2.05, 4.69) is 48.8 Å². The van der Waals surface area contributed by atoms with Crippen LogP contribution in [0.15, 0.2) is 12.7 Å². The normalized spacial score (nSPS) is 13.1. The summed E-state index contributed by atoms with van der Waals surface area (Å²) in [6, 6.07) is 0. The van der Waals surface area contributed by atoms with Gasteiger partial charge in [-0.25, -0.2) is 15.0 Å². The molecular formula is C12H21N5OSi. The van der Waals surface area contributed by atoms with Gasteiger partial charge in [-0.05, 0) is 18.1 Å². The molecule has 6 nitrogen and oxygen atoms in total. The Hall–Kier alpha value is -1.47. The fourth-order valence-electron chi connectivity index (χ4n) is 1.44. The number of fused-ring (bicyclic) bond motifs is 1. The average Bonchev–Trinajstić information content (AvgIpc) is 2.70. The van der Waals surface area contributed by atoms with E-state index in [0.29, 0.717) is 23.7 Å². The lowest BCUT2D eigenvalue weighted by molar-refractivity contribution is 0.216. The third-order valence-corrected chi connectivity index (χ3v) is 8.26. The van der Waals surface area contributed by atoms with Crippen LogP contribution in [0.4, 0.5) is 5.82 Å². The summed E-state index contributed by atoms with van der Waals surface area (Å²) in [7, 11) is -1.79. The van der Waals surface area contributed by atoms with E-state index in [0.717, 1.165) is 0 Å². The van der Waals surface area contributed by atoms with Gasteiger partial charge < -0.3 is 10.2 Å². The quantitative estimate of drug-likeness (QED) is 0.873. The Morgan fingerprint density at radius 3 is 2.58 bits per heavy atom. The zero-order valence-electron chi connectivity index (χ0n) is 12.1. The Morgan fingerprint density at radius 1 is 1.26 bits per heavy atom. The molecule has 2 aromatic heterocycles. The van der Waals surface area contributed by atoms with Gasteiger partial charge in [0.05, 0.1) is 6.33 Å². The zero-order chi connectivity index (χ0) is 14.3. The molecule has 0 saturated heterocycles. The van der Waals surface area contributed by atoms with Gasteiger partial charge in [-0.2, -0.15) is 0 Å². The Bertz CT molecular complexity index is 587. The summed E-state index contributed by atoms with van der Waals surface area (Å²) in [5.74, 6) is 0.399. The van der Waals surface area contributed by atoms with Gasteiger partial charge in [0, 0.05) is 0 Å². The van der Waals surface area contributed by atoms with E-state index >= 15 is 0 Å². The van der Waals surface area contributed by atoms with Crippen molar-refractivity contribution in [1.29, 1.82) is 0 Å². The highest BCUT2D eigenvalue weighted by Gasteiger charge is 2.37. The molecule has 104 valence electrons. The van der Waals surface area contributed by atoms with Gasteiger partial charge in [-0.1, -0.05) is 20.8 Å². The van der Waals surface area contributed by atoms with Gasteiger partial charge in [0.1, 0.15) is 18.6 Å². The van der Waals surface area contributed by atoms with Crippen LogP contribution in [-0.4, -0.2) is 27.8 Å². The molecule has 0 bridgehead atoms. The van der Waals surface area contributed by atoms with E-state index in [4.69, 9.17) is 10.2 Å². The molecule has 2 rings (SSSR count). The molecule has 0 saturated carbocycles. The summed E-state index contributed by atoms with van der Waals surface area (Å²) >= 11 is 0. The molecule has 0 fully saturated rings. The van der Waals surface area contributed by atoms with Crippen LogP contribution in [0.5, 0.6) is 0 Å². The van der Waals surface area contributed by atoms with Crippen molar-refractivity contribution in [1.82, 2.24) is 19.5 Å². The Kier molecular flexibility index (Phi) is 3.35. The molecule has 7 heteroatoms. The van der Waals surface area contributed by atoms with Crippen molar-refractivity contribution in [3.63, 3.8) is 0 Å². The van der Waals surface area contributed by atoms with E-state index in [1.54, 1.807) is 6.33 Å². The number of rotatable bonds is 3. The first-order chi connectivity index (χ1) is 8.72. The zero-order valence-corrected chi connectivity index (χ0v) is 13.1. The van der Waals surface area contributed by atoms with E-state index in [1.807, 2.05) is 4.57 Å². The van der Waals surface area contributed by atoms with Crippen molar-refractivity contribution in [2.24, 2.45) is 0 Å². The monoisotopic (exact) mass is 279 g/mol. The largest absolute Gasteiger partial charge is 0.399 e. The highest BCUT2D eigenvalue weighted by atomic mass is 28.4. The highest BCUT2D eigenvalue weighted by molar-refractivity contribution is 6.74.